The van der Waals surface area contributed by atoms with Crippen molar-refractivity contribution in [2.24, 2.45) is 11.8 Å². The van der Waals surface area contributed by atoms with Crippen LogP contribution in [0.5, 0.6) is 0 Å². The van der Waals surface area contributed by atoms with Crippen molar-refractivity contribution in [3.05, 3.63) is 41.5 Å². The van der Waals surface area contributed by atoms with Gasteiger partial charge in [-0.05, 0) is 70.6 Å². The molecule has 190 valence electrons. The topological polar surface area (TPSA) is 130 Å². The summed E-state index contributed by atoms with van der Waals surface area (Å²) in [4.78, 5) is 53.1. The average molecular weight is 486 g/mol. The smallest absolute Gasteiger partial charge is 0.410 e. The third-order valence-corrected chi connectivity index (χ3v) is 6.38. The molecule has 2 aliphatic rings. The van der Waals surface area contributed by atoms with E-state index in [9.17, 15) is 24.3 Å². The summed E-state index contributed by atoms with van der Waals surface area (Å²) in [5, 5.41) is 9.46. The fraction of sp³-hybridized carbons (Fsp3) is 0.538. The molecule has 9 nitrogen and oxygen atoms in total. The number of rotatable bonds is 5. The number of likely N-dealkylation sites (tertiary alicyclic amines) is 2. The molecule has 0 bridgehead atoms. The standard InChI is InChI=1S/C26H35N3O6/c1-26(2,3)35-25(34)28-14-11-17(12-15-28)9-10-21(30)29-13-5-6-18(16-29)23(31)22-19(24(32)33)7-4-8-20(22)27/h4,7-10,17-18H,5-6,11-16,27H2,1-3H3,(H,32,33)/b10-9+/t18-/m1/s1. The number of nitrogen functional groups attached to an aromatic ring is 1. The van der Waals surface area contributed by atoms with Crippen LogP contribution in [0.1, 0.15) is 67.2 Å². The predicted molar refractivity (Wildman–Crippen MR) is 131 cm³/mol. The largest absolute Gasteiger partial charge is 0.478 e. The molecule has 2 amide bonds. The number of benzene rings is 1. The number of piperidine rings is 2. The quantitative estimate of drug-likeness (QED) is 0.370. The summed E-state index contributed by atoms with van der Waals surface area (Å²) >= 11 is 0. The van der Waals surface area contributed by atoms with E-state index in [0.29, 0.717) is 32.5 Å². The van der Waals surface area contributed by atoms with Gasteiger partial charge >= 0.3 is 12.1 Å². The third-order valence-electron chi connectivity index (χ3n) is 6.38. The van der Waals surface area contributed by atoms with E-state index in [-0.39, 0.29) is 47.1 Å². The molecule has 35 heavy (non-hydrogen) atoms. The monoisotopic (exact) mass is 485 g/mol. The Morgan fingerprint density at radius 3 is 2.37 bits per heavy atom. The van der Waals surface area contributed by atoms with Crippen LogP contribution in [-0.4, -0.2) is 70.4 Å². The minimum Gasteiger partial charge on any atom is -0.478 e. The van der Waals surface area contributed by atoms with Gasteiger partial charge in [-0.1, -0.05) is 12.1 Å². The van der Waals surface area contributed by atoms with Crippen molar-refractivity contribution in [2.45, 2.75) is 52.1 Å². The number of carboxylic acids is 1. The van der Waals surface area contributed by atoms with E-state index in [1.165, 1.54) is 18.2 Å². The Balaban J connectivity index is 1.56. The second-order valence-corrected chi connectivity index (χ2v) is 10.2. The van der Waals surface area contributed by atoms with Crippen molar-refractivity contribution in [1.82, 2.24) is 9.80 Å². The van der Waals surface area contributed by atoms with Gasteiger partial charge in [-0.15, -0.1) is 0 Å². The highest BCUT2D eigenvalue weighted by Gasteiger charge is 2.32. The molecule has 3 N–H and O–H groups in total. The molecule has 3 rings (SSSR count). The summed E-state index contributed by atoms with van der Waals surface area (Å²) in [5.41, 5.74) is 5.45. The van der Waals surface area contributed by atoms with Crippen LogP contribution in [0.3, 0.4) is 0 Å². The van der Waals surface area contributed by atoms with Crippen molar-refractivity contribution in [2.75, 3.05) is 31.9 Å². The van der Waals surface area contributed by atoms with Crippen LogP contribution in [0, 0.1) is 11.8 Å². The average Bonchev–Trinajstić information content (AvgIpc) is 2.81. The molecular formula is C26H35N3O6. The first-order valence-electron chi connectivity index (χ1n) is 12.1. The van der Waals surface area contributed by atoms with Crippen LogP contribution in [-0.2, 0) is 9.53 Å². The molecule has 1 atom stereocenters. The van der Waals surface area contributed by atoms with Crippen LogP contribution in [0.4, 0.5) is 10.5 Å². The van der Waals surface area contributed by atoms with Crippen LogP contribution in [0.25, 0.3) is 0 Å². The second-order valence-electron chi connectivity index (χ2n) is 10.2. The summed E-state index contributed by atoms with van der Waals surface area (Å²) in [5.74, 6) is -2.03. The van der Waals surface area contributed by atoms with E-state index >= 15 is 0 Å². The first-order chi connectivity index (χ1) is 16.5. The van der Waals surface area contributed by atoms with Crippen LogP contribution in [0.15, 0.2) is 30.4 Å². The van der Waals surface area contributed by atoms with Gasteiger partial charge in [0.15, 0.2) is 5.78 Å². The fourth-order valence-corrected chi connectivity index (χ4v) is 4.54. The number of nitrogens with zero attached hydrogens (tertiary/aromatic N) is 2. The molecule has 2 fully saturated rings. The molecule has 2 saturated heterocycles. The number of carboxylic acid groups (broad SMARTS) is 1. The van der Waals surface area contributed by atoms with Gasteiger partial charge in [0.1, 0.15) is 5.60 Å². The zero-order valence-corrected chi connectivity index (χ0v) is 20.7. The molecular weight excluding hydrogens is 450 g/mol. The highest BCUT2D eigenvalue weighted by Crippen LogP contribution is 2.27. The molecule has 0 saturated carbocycles. The first-order valence-corrected chi connectivity index (χ1v) is 12.1. The van der Waals surface area contributed by atoms with Gasteiger partial charge in [-0.2, -0.15) is 0 Å². The molecule has 0 aromatic heterocycles. The lowest BCUT2D eigenvalue weighted by Crippen LogP contribution is -2.42. The Morgan fingerprint density at radius 1 is 1.06 bits per heavy atom. The van der Waals surface area contributed by atoms with Gasteiger partial charge < -0.3 is 25.4 Å². The Hall–Kier alpha value is -3.36. The normalized spacial score (nSPS) is 19.6. The number of ketones is 1. The number of carbonyl (C=O) groups is 4. The second kappa shape index (κ2) is 10.9. The summed E-state index contributed by atoms with van der Waals surface area (Å²) in [6.45, 7) is 7.43. The number of anilines is 1. The van der Waals surface area contributed by atoms with Crippen molar-refractivity contribution in [3.63, 3.8) is 0 Å². The first kappa shape index (κ1) is 26.2. The molecule has 1 aromatic carbocycles. The Morgan fingerprint density at radius 2 is 1.74 bits per heavy atom. The zero-order valence-electron chi connectivity index (χ0n) is 20.7. The van der Waals surface area contributed by atoms with Gasteiger partial charge in [0.2, 0.25) is 5.91 Å². The van der Waals surface area contributed by atoms with Crippen molar-refractivity contribution >= 4 is 29.4 Å². The molecule has 0 aliphatic carbocycles. The lowest BCUT2D eigenvalue weighted by molar-refractivity contribution is -0.127. The highest BCUT2D eigenvalue weighted by molar-refractivity contribution is 6.10. The summed E-state index contributed by atoms with van der Waals surface area (Å²) in [6, 6.07) is 4.39. The number of carbonyl (C=O) groups excluding carboxylic acids is 3. The number of aromatic carboxylic acids is 1. The fourth-order valence-electron chi connectivity index (χ4n) is 4.54. The number of amides is 2. The minimum absolute atomic E-state index is 0.0200. The van der Waals surface area contributed by atoms with Gasteiger partial charge in [0, 0.05) is 37.8 Å². The number of ether oxygens (including phenoxy) is 1. The maximum absolute atomic E-state index is 13.1. The van der Waals surface area contributed by atoms with E-state index in [2.05, 4.69) is 0 Å². The van der Waals surface area contributed by atoms with Gasteiger partial charge in [-0.25, -0.2) is 9.59 Å². The summed E-state index contributed by atoms with van der Waals surface area (Å²) in [6.07, 6.45) is 5.84. The number of nitrogens with two attached hydrogens (primary N) is 1. The Kier molecular flexibility index (Phi) is 8.19. The van der Waals surface area contributed by atoms with E-state index in [4.69, 9.17) is 10.5 Å². The van der Waals surface area contributed by atoms with Gasteiger partial charge in [0.25, 0.3) is 0 Å². The van der Waals surface area contributed by atoms with Crippen molar-refractivity contribution in [1.29, 1.82) is 0 Å². The molecule has 0 radical (unpaired) electrons. The molecule has 0 spiro atoms. The molecule has 2 aliphatic heterocycles. The lowest BCUT2D eigenvalue weighted by Gasteiger charge is -2.33. The summed E-state index contributed by atoms with van der Waals surface area (Å²) < 4.78 is 5.42. The number of allylic oxidation sites excluding steroid dienone is 1. The minimum atomic E-state index is -1.20. The SMILES string of the molecule is CC(C)(C)OC(=O)N1CCC(/C=C/C(=O)N2CCC[C@@H](C(=O)c3c(N)cccc3C(=O)O)C2)CC1. The highest BCUT2D eigenvalue weighted by atomic mass is 16.6. The number of hydrogen-bond acceptors (Lipinski definition) is 6. The predicted octanol–water partition coefficient (Wildman–Crippen LogP) is 3.59. The number of Topliss-reactive ketones (excluding diaryl/α,β-unsaturated/α-hetero) is 1. The van der Waals surface area contributed by atoms with Crippen LogP contribution in [0.2, 0.25) is 0 Å². The molecule has 0 unspecified atom stereocenters. The molecule has 1 aromatic rings. The lowest BCUT2D eigenvalue weighted by atomic mass is 9.87. The third kappa shape index (κ3) is 6.83. The van der Waals surface area contributed by atoms with E-state index in [1.807, 2.05) is 26.8 Å². The molecule has 2 heterocycles. The maximum atomic E-state index is 13.1. The Labute approximate surface area is 205 Å². The van der Waals surface area contributed by atoms with Crippen molar-refractivity contribution in [3.8, 4) is 0 Å². The Bertz CT molecular complexity index is 1000. The van der Waals surface area contributed by atoms with Crippen LogP contribution >= 0.6 is 0 Å². The van der Waals surface area contributed by atoms with Gasteiger partial charge in [-0.3, -0.25) is 9.59 Å². The van der Waals surface area contributed by atoms with Gasteiger partial charge in [0.05, 0.1) is 11.1 Å². The van der Waals surface area contributed by atoms with E-state index in [1.54, 1.807) is 15.9 Å². The van der Waals surface area contributed by atoms with E-state index in [0.717, 1.165) is 12.8 Å². The van der Waals surface area contributed by atoms with Crippen molar-refractivity contribution < 1.29 is 29.0 Å². The maximum Gasteiger partial charge on any atom is 0.410 e. The molecule has 9 heteroatoms. The van der Waals surface area contributed by atoms with E-state index < -0.39 is 17.5 Å². The zero-order chi connectivity index (χ0) is 25.8. The summed E-state index contributed by atoms with van der Waals surface area (Å²) in [7, 11) is 0. The van der Waals surface area contributed by atoms with Crippen LogP contribution < -0.4 is 5.73 Å². The number of hydrogen-bond donors (Lipinski definition) is 2.